The molecule has 84 valence electrons. The van der Waals surface area contributed by atoms with Gasteiger partial charge < -0.3 is 0 Å². The minimum absolute atomic E-state index is 0.389. The number of aromatic nitrogens is 3. The monoisotopic (exact) mass is 244 g/mol. The van der Waals surface area contributed by atoms with Crippen molar-refractivity contribution in [3.8, 4) is 11.8 Å². The average molecular weight is 245 g/mol. The van der Waals surface area contributed by atoms with Crippen molar-refractivity contribution in [3.63, 3.8) is 0 Å². The number of rotatable bonds is 2. The first kappa shape index (κ1) is 10.3. The Morgan fingerprint density at radius 2 is 2.06 bits per heavy atom. The van der Waals surface area contributed by atoms with E-state index in [1.807, 2.05) is 12.1 Å². The van der Waals surface area contributed by atoms with Gasteiger partial charge in [0.2, 0.25) is 0 Å². The molecule has 0 spiro atoms. The fourth-order valence-corrected chi connectivity index (χ4v) is 2.09. The molecule has 2 aromatic heterocycles. The second-order valence-corrected chi connectivity index (χ2v) is 4.41. The highest BCUT2D eigenvalue weighted by atomic mass is 35.5. The highest BCUT2D eigenvalue weighted by molar-refractivity contribution is 6.31. The van der Waals surface area contributed by atoms with Crippen molar-refractivity contribution in [1.29, 1.82) is 5.26 Å². The van der Waals surface area contributed by atoms with Gasteiger partial charge in [-0.1, -0.05) is 11.6 Å². The van der Waals surface area contributed by atoms with Gasteiger partial charge in [-0.2, -0.15) is 10.4 Å². The predicted octanol–water partition coefficient (Wildman–Crippen LogP) is 2.67. The fourth-order valence-electron chi connectivity index (χ4n) is 1.82. The topological polar surface area (TPSA) is 54.5 Å². The maximum atomic E-state index is 9.14. The lowest BCUT2D eigenvalue weighted by Gasteiger charge is -2.00. The van der Waals surface area contributed by atoms with Crippen LogP contribution in [0.2, 0.25) is 5.15 Å². The number of nitrogens with zero attached hydrogens (tertiary/aromatic N) is 4. The summed E-state index contributed by atoms with van der Waals surface area (Å²) in [6.45, 7) is 0. The van der Waals surface area contributed by atoms with E-state index < -0.39 is 0 Å². The van der Waals surface area contributed by atoms with Gasteiger partial charge in [0.05, 0.1) is 11.4 Å². The zero-order valence-electron chi connectivity index (χ0n) is 8.97. The average Bonchev–Trinajstić information content (AvgIpc) is 3.15. The molecule has 0 saturated heterocycles. The Morgan fingerprint density at radius 3 is 2.65 bits per heavy atom. The second-order valence-electron chi connectivity index (χ2n) is 4.05. The third-order valence-electron chi connectivity index (χ3n) is 2.84. The van der Waals surface area contributed by atoms with Crippen molar-refractivity contribution in [3.05, 3.63) is 40.9 Å². The Hall–Kier alpha value is -1.86. The largest absolute Gasteiger partial charge is 0.265 e. The Balaban J connectivity index is 2.16. The van der Waals surface area contributed by atoms with Crippen molar-refractivity contribution in [2.45, 2.75) is 18.8 Å². The Kier molecular flexibility index (Phi) is 2.34. The number of pyridine rings is 1. The summed E-state index contributed by atoms with van der Waals surface area (Å²) in [5.41, 5.74) is 2.16. The molecule has 1 aliphatic rings. The van der Waals surface area contributed by atoms with Gasteiger partial charge in [0.15, 0.2) is 5.15 Å². The van der Waals surface area contributed by atoms with Crippen LogP contribution >= 0.6 is 11.6 Å². The minimum atomic E-state index is 0.389. The van der Waals surface area contributed by atoms with Crippen molar-refractivity contribution in [2.75, 3.05) is 0 Å². The van der Waals surface area contributed by atoms with Crippen LogP contribution in [0.5, 0.6) is 0 Å². The quantitative estimate of drug-likeness (QED) is 0.816. The minimum Gasteiger partial charge on any atom is -0.265 e. The van der Waals surface area contributed by atoms with Gasteiger partial charge in [0.1, 0.15) is 11.6 Å². The second kappa shape index (κ2) is 3.86. The maximum absolute atomic E-state index is 9.14. The Bertz CT molecular complexity index is 593. The number of hydrogen-bond acceptors (Lipinski definition) is 3. The van der Waals surface area contributed by atoms with E-state index in [4.69, 9.17) is 16.9 Å². The molecule has 1 fully saturated rings. The first-order chi connectivity index (χ1) is 8.31. The summed E-state index contributed by atoms with van der Waals surface area (Å²) in [4.78, 5) is 3.95. The van der Waals surface area contributed by atoms with Gasteiger partial charge in [-0.15, -0.1) is 0 Å². The highest BCUT2D eigenvalue weighted by Gasteiger charge is 2.31. The first-order valence-corrected chi connectivity index (χ1v) is 5.78. The van der Waals surface area contributed by atoms with Crippen LogP contribution < -0.4 is 0 Å². The number of hydrogen-bond donors (Lipinski definition) is 0. The molecule has 4 nitrogen and oxygen atoms in total. The molecule has 0 amide bonds. The van der Waals surface area contributed by atoms with E-state index in [0.717, 1.165) is 24.2 Å². The molecule has 2 heterocycles. The van der Waals surface area contributed by atoms with Crippen LogP contribution in [0.15, 0.2) is 24.5 Å². The lowest BCUT2D eigenvalue weighted by molar-refractivity contribution is 0.836. The lowest BCUT2D eigenvalue weighted by atomic mass is 10.2. The fraction of sp³-hybridized carbons (Fsp3) is 0.250. The third kappa shape index (κ3) is 1.69. The molecule has 0 bridgehead atoms. The van der Waals surface area contributed by atoms with E-state index in [0.29, 0.717) is 16.6 Å². The summed E-state index contributed by atoms with van der Waals surface area (Å²) in [5, 5.41) is 14.0. The summed E-state index contributed by atoms with van der Waals surface area (Å²) in [6, 6.07) is 5.78. The van der Waals surface area contributed by atoms with E-state index in [-0.39, 0.29) is 0 Å². The molecule has 0 N–H and O–H groups in total. The summed E-state index contributed by atoms with van der Waals surface area (Å²) >= 11 is 6.19. The van der Waals surface area contributed by atoms with Gasteiger partial charge in [-0.25, -0.2) is 4.68 Å². The smallest absolute Gasteiger partial charge is 0.150 e. The lowest BCUT2D eigenvalue weighted by Crippen LogP contribution is -1.97. The van der Waals surface area contributed by atoms with Gasteiger partial charge in [-0.3, -0.25) is 4.98 Å². The summed E-state index contributed by atoms with van der Waals surface area (Å²) in [5.74, 6) is 0.408. The Labute approximate surface area is 103 Å². The summed E-state index contributed by atoms with van der Waals surface area (Å²) in [7, 11) is 0. The Morgan fingerprint density at radius 1 is 1.35 bits per heavy atom. The number of nitriles is 1. The number of halogens is 1. The highest BCUT2D eigenvalue weighted by Crippen LogP contribution is 2.42. The van der Waals surface area contributed by atoms with Gasteiger partial charge in [-0.05, 0) is 25.0 Å². The molecule has 0 unspecified atom stereocenters. The van der Waals surface area contributed by atoms with Gasteiger partial charge >= 0.3 is 0 Å². The van der Waals surface area contributed by atoms with E-state index in [9.17, 15) is 0 Å². The molecule has 1 saturated carbocycles. The van der Waals surface area contributed by atoms with Crippen LogP contribution in [0.3, 0.4) is 0 Å². The molecule has 5 heteroatoms. The normalized spacial score (nSPS) is 14.6. The van der Waals surface area contributed by atoms with Crippen molar-refractivity contribution in [1.82, 2.24) is 14.8 Å². The van der Waals surface area contributed by atoms with Gasteiger partial charge in [0, 0.05) is 18.3 Å². The molecule has 0 atom stereocenters. The zero-order valence-corrected chi connectivity index (χ0v) is 9.72. The van der Waals surface area contributed by atoms with E-state index in [1.54, 1.807) is 17.1 Å². The van der Waals surface area contributed by atoms with Crippen LogP contribution in [-0.4, -0.2) is 14.8 Å². The van der Waals surface area contributed by atoms with Crippen LogP contribution in [0.4, 0.5) is 0 Å². The van der Waals surface area contributed by atoms with Gasteiger partial charge in [0.25, 0.3) is 0 Å². The SMILES string of the molecule is N#Cc1c(C2CC2)nn(-c2ccncc2)c1Cl. The molecule has 17 heavy (non-hydrogen) atoms. The van der Waals surface area contributed by atoms with E-state index in [2.05, 4.69) is 16.2 Å². The standard InChI is InChI=1S/C12H9ClN4/c13-12-10(7-14)11(8-1-2-8)16-17(12)9-3-5-15-6-4-9/h3-6,8H,1-2H2. The van der Waals surface area contributed by atoms with E-state index >= 15 is 0 Å². The third-order valence-corrected chi connectivity index (χ3v) is 3.19. The zero-order chi connectivity index (χ0) is 11.8. The van der Waals surface area contributed by atoms with Crippen molar-refractivity contribution < 1.29 is 0 Å². The molecular formula is C12H9ClN4. The molecule has 3 rings (SSSR count). The molecule has 0 radical (unpaired) electrons. The van der Waals surface area contributed by atoms with Crippen molar-refractivity contribution in [2.24, 2.45) is 0 Å². The molecule has 0 aliphatic heterocycles. The molecule has 1 aliphatic carbocycles. The predicted molar refractivity (Wildman–Crippen MR) is 63.1 cm³/mol. The van der Waals surface area contributed by atoms with Crippen molar-refractivity contribution >= 4 is 11.6 Å². The van der Waals surface area contributed by atoms with Crippen LogP contribution in [0.1, 0.15) is 30.0 Å². The van der Waals surface area contributed by atoms with E-state index in [1.165, 1.54) is 0 Å². The van der Waals surface area contributed by atoms with Crippen LogP contribution in [-0.2, 0) is 0 Å². The first-order valence-electron chi connectivity index (χ1n) is 5.40. The molecular weight excluding hydrogens is 236 g/mol. The summed E-state index contributed by atoms with van der Waals surface area (Å²) < 4.78 is 1.61. The van der Waals surface area contributed by atoms with Crippen LogP contribution in [0.25, 0.3) is 5.69 Å². The van der Waals surface area contributed by atoms with Crippen LogP contribution in [0, 0.1) is 11.3 Å². The molecule has 0 aromatic carbocycles. The molecule has 2 aromatic rings. The maximum Gasteiger partial charge on any atom is 0.150 e. The summed E-state index contributed by atoms with van der Waals surface area (Å²) in [6.07, 6.45) is 5.54.